The molecule has 1 aliphatic rings. The lowest BCUT2D eigenvalue weighted by atomic mass is 9.78. The molecule has 3 unspecified atom stereocenters. The van der Waals surface area contributed by atoms with Gasteiger partial charge in [0.1, 0.15) is 0 Å². The van der Waals surface area contributed by atoms with Crippen molar-refractivity contribution in [3.05, 3.63) is 0 Å². The van der Waals surface area contributed by atoms with Crippen molar-refractivity contribution in [1.29, 1.82) is 0 Å². The van der Waals surface area contributed by atoms with Crippen LogP contribution in [0, 0.1) is 11.8 Å². The zero-order valence-electron chi connectivity index (χ0n) is 11.2. The molecule has 3 atom stereocenters. The summed E-state index contributed by atoms with van der Waals surface area (Å²) in [6.45, 7) is 4.49. The smallest absolute Gasteiger partial charge is 0.377 e. The van der Waals surface area contributed by atoms with Gasteiger partial charge in [0.2, 0.25) is 0 Å². The fourth-order valence-electron chi connectivity index (χ4n) is 2.49. The Morgan fingerprint density at radius 1 is 1.28 bits per heavy atom. The Labute approximate surface area is 107 Å². The lowest BCUT2D eigenvalue weighted by Gasteiger charge is -2.35. The van der Waals surface area contributed by atoms with Crippen LogP contribution < -0.4 is 5.73 Å². The highest BCUT2D eigenvalue weighted by Gasteiger charge is 2.31. The summed E-state index contributed by atoms with van der Waals surface area (Å²) in [4.78, 5) is 0. The first kappa shape index (κ1) is 15.8. The van der Waals surface area contributed by atoms with E-state index in [0.29, 0.717) is 11.8 Å². The molecule has 2 nitrogen and oxygen atoms in total. The standard InChI is InChI=1S/C13H24F3NO/c1-9(2)10-4-5-11(17)12(8-10)18-7-3-6-13(14,15)16/h9-12H,3-8,17H2,1-2H3. The molecular weight excluding hydrogens is 243 g/mol. The van der Waals surface area contributed by atoms with Crippen LogP contribution in [0.5, 0.6) is 0 Å². The van der Waals surface area contributed by atoms with Gasteiger partial charge in [0.05, 0.1) is 6.10 Å². The van der Waals surface area contributed by atoms with Crippen molar-refractivity contribution in [2.24, 2.45) is 17.6 Å². The molecule has 5 heteroatoms. The third kappa shape index (κ3) is 5.57. The molecule has 0 radical (unpaired) electrons. The predicted molar refractivity (Wildman–Crippen MR) is 65.2 cm³/mol. The monoisotopic (exact) mass is 267 g/mol. The van der Waals surface area contributed by atoms with Gasteiger partial charge in [0.15, 0.2) is 0 Å². The van der Waals surface area contributed by atoms with Crippen molar-refractivity contribution in [3.63, 3.8) is 0 Å². The number of hydrogen-bond acceptors (Lipinski definition) is 2. The molecule has 0 aromatic rings. The van der Waals surface area contributed by atoms with Gasteiger partial charge in [-0.15, -0.1) is 0 Å². The molecule has 0 aromatic heterocycles. The summed E-state index contributed by atoms with van der Waals surface area (Å²) in [6, 6.07) is -0.0223. The van der Waals surface area contributed by atoms with Crippen LogP contribution in [0.2, 0.25) is 0 Å². The summed E-state index contributed by atoms with van der Waals surface area (Å²) in [5.74, 6) is 1.16. The summed E-state index contributed by atoms with van der Waals surface area (Å²) < 4.78 is 41.5. The summed E-state index contributed by atoms with van der Waals surface area (Å²) in [7, 11) is 0. The van der Waals surface area contributed by atoms with E-state index in [2.05, 4.69) is 13.8 Å². The fourth-order valence-corrected chi connectivity index (χ4v) is 2.49. The molecule has 108 valence electrons. The highest BCUT2D eigenvalue weighted by atomic mass is 19.4. The molecule has 1 saturated carbocycles. The van der Waals surface area contributed by atoms with Crippen LogP contribution in [0.3, 0.4) is 0 Å². The van der Waals surface area contributed by atoms with Gasteiger partial charge in [-0.05, 0) is 37.5 Å². The summed E-state index contributed by atoms with van der Waals surface area (Å²) in [5, 5.41) is 0. The zero-order chi connectivity index (χ0) is 13.8. The van der Waals surface area contributed by atoms with Gasteiger partial charge in [0, 0.05) is 19.1 Å². The second kappa shape index (κ2) is 6.75. The number of ether oxygens (including phenoxy) is 1. The Morgan fingerprint density at radius 2 is 1.94 bits per heavy atom. The SMILES string of the molecule is CC(C)C1CCC(N)C(OCCCC(F)(F)F)C1. The third-order valence-electron chi connectivity index (χ3n) is 3.76. The first-order valence-electron chi connectivity index (χ1n) is 6.73. The Bertz CT molecular complexity index is 243. The molecule has 0 bridgehead atoms. The van der Waals surface area contributed by atoms with Crippen molar-refractivity contribution in [2.75, 3.05) is 6.61 Å². The molecule has 0 heterocycles. The molecule has 0 saturated heterocycles. The second-order valence-corrected chi connectivity index (χ2v) is 5.61. The maximum Gasteiger partial charge on any atom is 0.389 e. The lowest BCUT2D eigenvalue weighted by Crippen LogP contribution is -2.43. The number of rotatable bonds is 5. The average Bonchev–Trinajstić information content (AvgIpc) is 2.24. The summed E-state index contributed by atoms with van der Waals surface area (Å²) in [5.41, 5.74) is 5.96. The average molecular weight is 267 g/mol. The molecule has 2 N–H and O–H groups in total. The first-order valence-corrected chi connectivity index (χ1v) is 6.73. The molecule has 1 rings (SSSR count). The van der Waals surface area contributed by atoms with Gasteiger partial charge < -0.3 is 10.5 Å². The van der Waals surface area contributed by atoms with E-state index >= 15 is 0 Å². The molecular formula is C13H24F3NO. The van der Waals surface area contributed by atoms with Gasteiger partial charge in [-0.3, -0.25) is 0 Å². The molecule has 0 aromatic carbocycles. The molecule has 0 spiro atoms. The van der Waals surface area contributed by atoms with Crippen LogP contribution in [0.4, 0.5) is 13.2 Å². The number of hydrogen-bond donors (Lipinski definition) is 1. The van der Waals surface area contributed by atoms with Crippen LogP contribution in [-0.2, 0) is 4.74 Å². The quantitative estimate of drug-likeness (QED) is 0.774. The summed E-state index contributed by atoms with van der Waals surface area (Å²) in [6.07, 6.45) is -2.02. The lowest BCUT2D eigenvalue weighted by molar-refractivity contribution is -0.139. The van der Waals surface area contributed by atoms with E-state index in [1.807, 2.05) is 0 Å². The van der Waals surface area contributed by atoms with Crippen LogP contribution in [0.25, 0.3) is 0 Å². The summed E-state index contributed by atoms with van der Waals surface area (Å²) >= 11 is 0. The Morgan fingerprint density at radius 3 is 2.50 bits per heavy atom. The number of nitrogens with two attached hydrogens (primary N) is 1. The van der Waals surface area contributed by atoms with E-state index in [1.54, 1.807) is 0 Å². The highest BCUT2D eigenvalue weighted by Crippen LogP contribution is 2.31. The predicted octanol–water partition coefficient (Wildman–Crippen LogP) is 3.50. The van der Waals surface area contributed by atoms with E-state index in [9.17, 15) is 13.2 Å². The van der Waals surface area contributed by atoms with Crippen LogP contribution >= 0.6 is 0 Å². The van der Waals surface area contributed by atoms with Gasteiger partial charge in [-0.25, -0.2) is 0 Å². The van der Waals surface area contributed by atoms with Gasteiger partial charge >= 0.3 is 6.18 Å². The highest BCUT2D eigenvalue weighted by molar-refractivity contribution is 4.84. The van der Waals surface area contributed by atoms with Gasteiger partial charge in [0.25, 0.3) is 0 Å². The molecule has 1 fully saturated rings. The Kier molecular flexibility index (Phi) is 5.92. The van der Waals surface area contributed by atoms with E-state index in [4.69, 9.17) is 10.5 Å². The zero-order valence-corrected chi connectivity index (χ0v) is 11.2. The minimum absolute atomic E-state index is 0.0223. The fraction of sp³-hybridized carbons (Fsp3) is 1.00. The maximum atomic E-state index is 12.0. The topological polar surface area (TPSA) is 35.2 Å². The minimum Gasteiger partial charge on any atom is -0.377 e. The first-order chi connectivity index (χ1) is 8.29. The molecule has 1 aliphatic carbocycles. The van der Waals surface area contributed by atoms with E-state index in [-0.39, 0.29) is 25.2 Å². The normalized spacial score (nSPS) is 29.8. The van der Waals surface area contributed by atoms with E-state index < -0.39 is 12.6 Å². The van der Waals surface area contributed by atoms with E-state index in [1.165, 1.54) is 0 Å². The van der Waals surface area contributed by atoms with Crippen molar-refractivity contribution in [3.8, 4) is 0 Å². The molecule has 0 aliphatic heterocycles. The van der Waals surface area contributed by atoms with Crippen LogP contribution in [0.1, 0.15) is 46.0 Å². The van der Waals surface area contributed by atoms with Gasteiger partial charge in [-0.1, -0.05) is 13.8 Å². The van der Waals surface area contributed by atoms with Crippen LogP contribution in [-0.4, -0.2) is 24.9 Å². The van der Waals surface area contributed by atoms with E-state index in [0.717, 1.165) is 19.3 Å². The van der Waals surface area contributed by atoms with Crippen molar-refractivity contribution >= 4 is 0 Å². The second-order valence-electron chi connectivity index (χ2n) is 5.61. The van der Waals surface area contributed by atoms with Crippen molar-refractivity contribution in [2.45, 2.75) is 64.3 Å². The van der Waals surface area contributed by atoms with Crippen molar-refractivity contribution in [1.82, 2.24) is 0 Å². The Balaban J connectivity index is 2.27. The third-order valence-corrected chi connectivity index (χ3v) is 3.76. The molecule has 18 heavy (non-hydrogen) atoms. The van der Waals surface area contributed by atoms with Crippen LogP contribution in [0.15, 0.2) is 0 Å². The number of alkyl halides is 3. The maximum absolute atomic E-state index is 12.0. The Hall–Kier alpha value is -0.290. The van der Waals surface area contributed by atoms with Crippen molar-refractivity contribution < 1.29 is 17.9 Å². The minimum atomic E-state index is -4.08. The molecule has 0 amide bonds. The largest absolute Gasteiger partial charge is 0.389 e. The number of halogens is 3. The van der Waals surface area contributed by atoms with Gasteiger partial charge in [-0.2, -0.15) is 13.2 Å².